The first-order valence-corrected chi connectivity index (χ1v) is 8.09. The molecule has 1 N–H and O–H groups in total. The Hall–Kier alpha value is -1.09. The van der Waals surface area contributed by atoms with Gasteiger partial charge in [-0.3, -0.25) is 0 Å². The zero-order chi connectivity index (χ0) is 14.4. The molecule has 1 aliphatic heterocycles. The van der Waals surface area contributed by atoms with Gasteiger partial charge in [0.15, 0.2) is 0 Å². The van der Waals surface area contributed by atoms with E-state index in [0.29, 0.717) is 5.92 Å². The fourth-order valence-electron chi connectivity index (χ4n) is 2.78. The molecule has 2 heterocycles. The Morgan fingerprint density at radius 3 is 2.60 bits per heavy atom. The Balaban J connectivity index is 1.82. The molecular formula is C17H29N3. The fraction of sp³-hybridized carbons (Fsp3) is 0.706. The Morgan fingerprint density at radius 2 is 2.05 bits per heavy atom. The van der Waals surface area contributed by atoms with Crippen LogP contribution in [0.1, 0.15) is 45.6 Å². The second-order valence-corrected chi connectivity index (χ2v) is 6.39. The molecule has 1 saturated heterocycles. The number of hydrogen-bond acceptors (Lipinski definition) is 3. The van der Waals surface area contributed by atoms with Crippen molar-refractivity contribution in [1.82, 2.24) is 10.3 Å². The highest BCUT2D eigenvalue weighted by atomic mass is 15.2. The molecule has 0 unspecified atom stereocenters. The lowest BCUT2D eigenvalue weighted by molar-refractivity contribution is 0.393. The molecule has 0 radical (unpaired) electrons. The van der Waals surface area contributed by atoms with E-state index in [1.165, 1.54) is 24.8 Å². The van der Waals surface area contributed by atoms with Gasteiger partial charge in [-0.15, -0.1) is 0 Å². The Morgan fingerprint density at radius 1 is 1.30 bits per heavy atom. The molecule has 1 aliphatic rings. The predicted molar refractivity (Wildman–Crippen MR) is 86.0 cm³/mol. The van der Waals surface area contributed by atoms with Crippen molar-refractivity contribution in [3.05, 3.63) is 23.9 Å². The minimum atomic E-state index is 0.696. The van der Waals surface area contributed by atoms with Gasteiger partial charge in [-0.05, 0) is 42.9 Å². The minimum absolute atomic E-state index is 0.696. The minimum Gasteiger partial charge on any atom is -0.357 e. The van der Waals surface area contributed by atoms with E-state index >= 15 is 0 Å². The van der Waals surface area contributed by atoms with Crippen molar-refractivity contribution in [2.24, 2.45) is 11.8 Å². The van der Waals surface area contributed by atoms with Crippen LogP contribution < -0.4 is 10.2 Å². The van der Waals surface area contributed by atoms with Crippen LogP contribution in [0.15, 0.2) is 18.3 Å². The van der Waals surface area contributed by atoms with Crippen LogP contribution in [0.2, 0.25) is 0 Å². The topological polar surface area (TPSA) is 28.2 Å². The molecular weight excluding hydrogens is 246 g/mol. The van der Waals surface area contributed by atoms with E-state index in [9.17, 15) is 0 Å². The number of anilines is 1. The summed E-state index contributed by atoms with van der Waals surface area (Å²) in [5, 5.41) is 3.46. The zero-order valence-electron chi connectivity index (χ0n) is 13.2. The average molecular weight is 275 g/mol. The van der Waals surface area contributed by atoms with Gasteiger partial charge in [0.05, 0.1) is 0 Å². The van der Waals surface area contributed by atoms with Gasteiger partial charge >= 0.3 is 0 Å². The first kappa shape index (κ1) is 15.3. The standard InChI is InChI=1S/C17H29N3/c1-4-15-7-9-20(10-8-15)17-6-5-16(13-19-17)12-18-11-14(2)3/h5-6,13-15,18H,4,7-12H2,1-3H3. The van der Waals surface area contributed by atoms with Crippen LogP contribution in [-0.4, -0.2) is 24.6 Å². The summed E-state index contributed by atoms with van der Waals surface area (Å²) in [5.74, 6) is 2.76. The van der Waals surface area contributed by atoms with Gasteiger partial charge in [-0.25, -0.2) is 4.98 Å². The normalized spacial score (nSPS) is 16.9. The van der Waals surface area contributed by atoms with Crippen molar-refractivity contribution in [3.8, 4) is 0 Å². The van der Waals surface area contributed by atoms with E-state index in [1.807, 2.05) is 6.20 Å². The molecule has 3 heteroatoms. The SMILES string of the molecule is CCC1CCN(c2ccc(CNCC(C)C)cn2)CC1. The lowest BCUT2D eigenvalue weighted by Crippen LogP contribution is -2.34. The molecule has 0 atom stereocenters. The smallest absolute Gasteiger partial charge is 0.128 e. The van der Waals surface area contributed by atoms with Gasteiger partial charge in [0.2, 0.25) is 0 Å². The molecule has 1 aromatic heterocycles. The molecule has 0 saturated carbocycles. The summed E-state index contributed by atoms with van der Waals surface area (Å²) in [7, 11) is 0. The van der Waals surface area contributed by atoms with Gasteiger partial charge in [-0.1, -0.05) is 33.3 Å². The van der Waals surface area contributed by atoms with Crippen LogP contribution >= 0.6 is 0 Å². The number of nitrogens with one attached hydrogen (secondary N) is 1. The molecule has 0 spiro atoms. The number of pyridine rings is 1. The first-order valence-electron chi connectivity index (χ1n) is 8.09. The van der Waals surface area contributed by atoms with Crippen molar-refractivity contribution in [1.29, 1.82) is 0 Å². The highest BCUT2D eigenvalue weighted by Crippen LogP contribution is 2.23. The highest BCUT2D eigenvalue weighted by Gasteiger charge is 2.18. The lowest BCUT2D eigenvalue weighted by Gasteiger charge is -2.32. The molecule has 0 bridgehead atoms. The van der Waals surface area contributed by atoms with E-state index in [-0.39, 0.29) is 0 Å². The van der Waals surface area contributed by atoms with Crippen molar-refractivity contribution < 1.29 is 0 Å². The lowest BCUT2D eigenvalue weighted by atomic mass is 9.94. The average Bonchev–Trinajstić information content (AvgIpc) is 2.48. The number of nitrogens with zero attached hydrogens (tertiary/aromatic N) is 2. The number of piperidine rings is 1. The molecule has 1 fully saturated rings. The van der Waals surface area contributed by atoms with E-state index in [0.717, 1.165) is 37.9 Å². The number of hydrogen-bond donors (Lipinski definition) is 1. The third-order valence-corrected chi connectivity index (χ3v) is 4.21. The molecule has 20 heavy (non-hydrogen) atoms. The largest absolute Gasteiger partial charge is 0.357 e. The monoisotopic (exact) mass is 275 g/mol. The molecule has 3 nitrogen and oxygen atoms in total. The number of rotatable bonds is 6. The molecule has 0 aliphatic carbocycles. The maximum atomic E-state index is 4.64. The van der Waals surface area contributed by atoms with Crippen LogP contribution in [-0.2, 0) is 6.54 Å². The van der Waals surface area contributed by atoms with Gasteiger partial charge in [0.1, 0.15) is 5.82 Å². The Bertz CT molecular complexity index is 378. The second kappa shape index (κ2) is 7.63. The summed E-state index contributed by atoms with van der Waals surface area (Å²) in [5.41, 5.74) is 1.28. The maximum absolute atomic E-state index is 4.64. The Labute approximate surface area is 123 Å². The van der Waals surface area contributed by atoms with Crippen LogP contribution in [0, 0.1) is 11.8 Å². The molecule has 0 amide bonds. The van der Waals surface area contributed by atoms with E-state index in [2.05, 4.69) is 48.1 Å². The van der Waals surface area contributed by atoms with Crippen LogP contribution in [0.4, 0.5) is 5.82 Å². The predicted octanol–water partition coefficient (Wildman–Crippen LogP) is 3.45. The maximum Gasteiger partial charge on any atom is 0.128 e. The zero-order valence-corrected chi connectivity index (χ0v) is 13.2. The van der Waals surface area contributed by atoms with Gasteiger partial charge in [-0.2, -0.15) is 0 Å². The fourth-order valence-corrected chi connectivity index (χ4v) is 2.78. The van der Waals surface area contributed by atoms with E-state index in [4.69, 9.17) is 0 Å². The molecule has 1 aromatic rings. The summed E-state index contributed by atoms with van der Waals surface area (Å²) in [6, 6.07) is 4.39. The molecule has 2 rings (SSSR count). The van der Waals surface area contributed by atoms with Gasteiger partial charge in [0.25, 0.3) is 0 Å². The third-order valence-electron chi connectivity index (χ3n) is 4.21. The summed E-state index contributed by atoms with van der Waals surface area (Å²) >= 11 is 0. The van der Waals surface area contributed by atoms with Crippen LogP contribution in [0.25, 0.3) is 0 Å². The summed E-state index contributed by atoms with van der Waals surface area (Å²) in [6.45, 7) is 11.1. The van der Waals surface area contributed by atoms with Crippen molar-refractivity contribution in [2.45, 2.75) is 46.6 Å². The molecule has 112 valence electrons. The summed E-state index contributed by atoms with van der Waals surface area (Å²) in [4.78, 5) is 7.06. The van der Waals surface area contributed by atoms with Gasteiger partial charge in [0, 0.05) is 25.8 Å². The van der Waals surface area contributed by atoms with Crippen molar-refractivity contribution >= 4 is 5.82 Å². The third kappa shape index (κ3) is 4.48. The van der Waals surface area contributed by atoms with E-state index in [1.54, 1.807) is 0 Å². The van der Waals surface area contributed by atoms with Crippen LogP contribution in [0.5, 0.6) is 0 Å². The van der Waals surface area contributed by atoms with Crippen molar-refractivity contribution in [2.75, 3.05) is 24.5 Å². The van der Waals surface area contributed by atoms with Crippen LogP contribution in [0.3, 0.4) is 0 Å². The highest BCUT2D eigenvalue weighted by molar-refractivity contribution is 5.39. The quantitative estimate of drug-likeness (QED) is 0.862. The Kier molecular flexibility index (Phi) is 5.84. The van der Waals surface area contributed by atoms with Gasteiger partial charge < -0.3 is 10.2 Å². The molecule has 0 aromatic carbocycles. The second-order valence-electron chi connectivity index (χ2n) is 6.39. The first-order chi connectivity index (χ1) is 9.69. The van der Waals surface area contributed by atoms with E-state index < -0.39 is 0 Å². The number of aromatic nitrogens is 1. The summed E-state index contributed by atoms with van der Waals surface area (Å²) in [6.07, 6.45) is 5.97. The summed E-state index contributed by atoms with van der Waals surface area (Å²) < 4.78 is 0. The van der Waals surface area contributed by atoms with Crippen molar-refractivity contribution in [3.63, 3.8) is 0 Å².